The van der Waals surface area contributed by atoms with Gasteiger partial charge in [0.1, 0.15) is 0 Å². The van der Waals surface area contributed by atoms with E-state index in [1.54, 1.807) is 11.0 Å². The highest BCUT2D eigenvalue weighted by Gasteiger charge is 2.31. The largest absolute Gasteiger partial charge is 0.416 e. The third kappa shape index (κ3) is 4.95. The summed E-state index contributed by atoms with van der Waals surface area (Å²) in [6.45, 7) is 3.01. The molecule has 1 aliphatic rings. The van der Waals surface area contributed by atoms with E-state index in [0.717, 1.165) is 18.6 Å². The first-order valence-corrected chi connectivity index (χ1v) is 8.17. The third-order valence-corrected chi connectivity index (χ3v) is 4.26. The van der Waals surface area contributed by atoms with Crippen LogP contribution < -0.4 is 5.32 Å². The second kappa shape index (κ2) is 7.98. The molecule has 0 spiro atoms. The van der Waals surface area contributed by atoms with Crippen molar-refractivity contribution < 1.29 is 23.1 Å². The van der Waals surface area contributed by atoms with Crippen LogP contribution in [-0.2, 0) is 11.0 Å². The fraction of sp³-hybridized carbons (Fsp3) is 0.588. The molecule has 7 heteroatoms. The third-order valence-electron chi connectivity index (χ3n) is 4.26. The molecule has 0 aromatic heterocycles. The van der Waals surface area contributed by atoms with E-state index in [1.165, 1.54) is 6.07 Å². The molecule has 2 N–H and O–H groups in total. The first kappa shape index (κ1) is 18.7. The van der Waals surface area contributed by atoms with Crippen molar-refractivity contribution in [2.24, 2.45) is 0 Å². The van der Waals surface area contributed by atoms with Crippen LogP contribution in [0.1, 0.15) is 43.4 Å². The monoisotopic (exact) mass is 344 g/mol. The summed E-state index contributed by atoms with van der Waals surface area (Å²) in [5.41, 5.74) is -0.247. The average molecular weight is 344 g/mol. The van der Waals surface area contributed by atoms with Crippen LogP contribution in [0.2, 0.25) is 0 Å². The Morgan fingerprint density at radius 2 is 2.12 bits per heavy atom. The number of nitrogens with one attached hydrogen (secondary N) is 1. The van der Waals surface area contributed by atoms with Crippen LogP contribution in [-0.4, -0.2) is 41.7 Å². The van der Waals surface area contributed by atoms with E-state index in [2.05, 4.69) is 5.32 Å². The number of amides is 1. The van der Waals surface area contributed by atoms with Gasteiger partial charge in [-0.15, -0.1) is 0 Å². The van der Waals surface area contributed by atoms with Crippen molar-refractivity contribution in [3.63, 3.8) is 0 Å². The molecule has 1 aliphatic heterocycles. The average Bonchev–Trinajstić information content (AvgIpc) is 2.95. The van der Waals surface area contributed by atoms with Gasteiger partial charge in [-0.05, 0) is 30.5 Å². The Morgan fingerprint density at radius 3 is 2.71 bits per heavy atom. The molecular formula is C17H23F3N2O2. The lowest BCUT2D eigenvalue weighted by Crippen LogP contribution is -2.38. The number of hydrogen-bond acceptors (Lipinski definition) is 3. The lowest BCUT2D eigenvalue weighted by molar-refractivity contribution is -0.137. The number of rotatable bonds is 7. The lowest BCUT2D eigenvalue weighted by Gasteiger charge is -2.26. The van der Waals surface area contributed by atoms with E-state index < -0.39 is 23.9 Å². The molecule has 24 heavy (non-hydrogen) atoms. The molecule has 1 aromatic carbocycles. The quantitative estimate of drug-likeness (QED) is 0.800. The van der Waals surface area contributed by atoms with Gasteiger partial charge in [0.05, 0.1) is 11.7 Å². The molecule has 1 saturated heterocycles. The number of aliphatic hydroxyl groups is 1. The van der Waals surface area contributed by atoms with E-state index >= 15 is 0 Å². The van der Waals surface area contributed by atoms with Gasteiger partial charge in [0, 0.05) is 32.1 Å². The number of alkyl halides is 3. The van der Waals surface area contributed by atoms with E-state index in [1.807, 2.05) is 6.92 Å². The molecule has 1 unspecified atom stereocenters. The molecule has 1 fully saturated rings. The lowest BCUT2D eigenvalue weighted by atomic mass is 10.0. The predicted molar refractivity (Wildman–Crippen MR) is 84.3 cm³/mol. The number of aliphatic hydroxyl groups excluding tert-OH is 1. The van der Waals surface area contributed by atoms with E-state index in [0.29, 0.717) is 31.5 Å². The van der Waals surface area contributed by atoms with Gasteiger partial charge >= 0.3 is 6.18 Å². The summed E-state index contributed by atoms with van der Waals surface area (Å²) >= 11 is 0. The maximum atomic E-state index is 12.9. The van der Waals surface area contributed by atoms with Crippen molar-refractivity contribution in [3.05, 3.63) is 35.4 Å². The van der Waals surface area contributed by atoms with Gasteiger partial charge in [-0.25, -0.2) is 0 Å². The Hall–Kier alpha value is -1.60. The predicted octanol–water partition coefficient (Wildman–Crippen LogP) is 2.73. The Balaban J connectivity index is 2.19. The van der Waals surface area contributed by atoms with Crippen molar-refractivity contribution in [2.75, 3.05) is 19.6 Å². The summed E-state index contributed by atoms with van der Waals surface area (Å²) in [5.74, 6) is 0.0183. The molecule has 1 aromatic rings. The molecule has 1 amide bonds. The maximum absolute atomic E-state index is 12.9. The SMILES string of the molecule is CC[C@@H](O)CNC(CN1CCCC1=O)c1cccc(C(F)(F)F)c1. The van der Waals surface area contributed by atoms with E-state index in [-0.39, 0.29) is 12.5 Å². The second-order valence-electron chi connectivity index (χ2n) is 6.09. The fourth-order valence-corrected chi connectivity index (χ4v) is 2.76. The molecule has 4 nitrogen and oxygen atoms in total. The number of carbonyl (C=O) groups excluding carboxylic acids is 1. The standard InChI is InChI=1S/C17H23F3N2O2/c1-2-14(23)10-21-15(11-22-8-4-7-16(22)24)12-5-3-6-13(9-12)17(18,19)20/h3,5-6,9,14-15,21,23H,2,4,7-8,10-11H2,1H3/t14-,15?/m1/s1. The minimum atomic E-state index is -4.41. The van der Waals surface area contributed by atoms with Crippen LogP contribution >= 0.6 is 0 Å². The maximum Gasteiger partial charge on any atom is 0.416 e. The zero-order chi connectivity index (χ0) is 17.7. The van der Waals surface area contributed by atoms with Gasteiger partial charge in [0.2, 0.25) is 5.91 Å². The van der Waals surface area contributed by atoms with Gasteiger partial charge in [-0.1, -0.05) is 19.1 Å². The molecule has 0 bridgehead atoms. The second-order valence-corrected chi connectivity index (χ2v) is 6.09. The molecule has 1 heterocycles. The summed E-state index contributed by atoms with van der Waals surface area (Å²) in [6.07, 6.45) is -3.19. The highest BCUT2D eigenvalue weighted by Crippen LogP contribution is 2.31. The fourth-order valence-electron chi connectivity index (χ4n) is 2.76. The van der Waals surface area contributed by atoms with Crippen molar-refractivity contribution in [1.82, 2.24) is 10.2 Å². The minimum absolute atomic E-state index is 0.0183. The highest BCUT2D eigenvalue weighted by molar-refractivity contribution is 5.78. The van der Waals surface area contributed by atoms with Crippen molar-refractivity contribution >= 4 is 5.91 Å². The summed E-state index contributed by atoms with van der Waals surface area (Å²) in [7, 11) is 0. The Morgan fingerprint density at radius 1 is 1.38 bits per heavy atom. The molecule has 2 atom stereocenters. The van der Waals surface area contributed by atoms with Crippen LogP contribution in [0.15, 0.2) is 24.3 Å². The van der Waals surface area contributed by atoms with Crippen LogP contribution in [0.4, 0.5) is 13.2 Å². The normalized spacial score (nSPS) is 18.0. The van der Waals surface area contributed by atoms with Gasteiger partial charge in [-0.3, -0.25) is 4.79 Å². The Bertz CT molecular complexity index is 563. The topological polar surface area (TPSA) is 52.6 Å². The highest BCUT2D eigenvalue weighted by atomic mass is 19.4. The first-order chi connectivity index (χ1) is 11.3. The smallest absolute Gasteiger partial charge is 0.392 e. The Labute approximate surface area is 139 Å². The van der Waals surface area contributed by atoms with Crippen LogP contribution in [0.5, 0.6) is 0 Å². The minimum Gasteiger partial charge on any atom is -0.392 e. The van der Waals surface area contributed by atoms with E-state index in [4.69, 9.17) is 0 Å². The summed E-state index contributed by atoms with van der Waals surface area (Å²) in [4.78, 5) is 13.5. The van der Waals surface area contributed by atoms with Gasteiger partial charge in [-0.2, -0.15) is 13.2 Å². The van der Waals surface area contributed by atoms with Crippen molar-refractivity contribution in [2.45, 2.75) is 44.5 Å². The Kier molecular flexibility index (Phi) is 6.23. The first-order valence-electron chi connectivity index (χ1n) is 8.17. The molecule has 134 valence electrons. The van der Waals surface area contributed by atoms with Crippen molar-refractivity contribution in [3.8, 4) is 0 Å². The molecule has 0 saturated carbocycles. The number of likely N-dealkylation sites (tertiary alicyclic amines) is 1. The molecule has 2 rings (SSSR count). The number of halogens is 3. The number of hydrogen-bond donors (Lipinski definition) is 2. The molecular weight excluding hydrogens is 321 g/mol. The molecule has 0 radical (unpaired) electrons. The summed E-state index contributed by atoms with van der Waals surface area (Å²) in [5, 5.41) is 12.8. The van der Waals surface area contributed by atoms with Crippen LogP contribution in [0.3, 0.4) is 0 Å². The van der Waals surface area contributed by atoms with Gasteiger partial charge < -0.3 is 15.3 Å². The number of carbonyl (C=O) groups is 1. The summed E-state index contributed by atoms with van der Waals surface area (Å²) < 4.78 is 38.8. The van der Waals surface area contributed by atoms with Gasteiger partial charge in [0.25, 0.3) is 0 Å². The zero-order valence-corrected chi connectivity index (χ0v) is 13.6. The summed E-state index contributed by atoms with van der Waals surface area (Å²) in [6, 6.07) is 4.68. The van der Waals surface area contributed by atoms with E-state index in [9.17, 15) is 23.1 Å². The molecule has 0 aliphatic carbocycles. The van der Waals surface area contributed by atoms with Crippen molar-refractivity contribution in [1.29, 1.82) is 0 Å². The number of nitrogens with zero attached hydrogens (tertiary/aromatic N) is 1. The van der Waals surface area contributed by atoms with Crippen LogP contribution in [0.25, 0.3) is 0 Å². The van der Waals surface area contributed by atoms with Gasteiger partial charge in [0.15, 0.2) is 0 Å². The zero-order valence-electron chi connectivity index (χ0n) is 13.6. The number of benzene rings is 1. The van der Waals surface area contributed by atoms with Crippen LogP contribution in [0, 0.1) is 0 Å².